The highest BCUT2D eigenvalue weighted by Crippen LogP contribution is 2.44. The lowest BCUT2D eigenvalue weighted by molar-refractivity contribution is -0.312. The fourth-order valence-corrected chi connectivity index (χ4v) is 3.28. The third-order valence-corrected chi connectivity index (χ3v) is 4.29. The van der Waals surface area contributed by atoms with Crippen LogP contribution in [-0.4, -0.2) is 27.9 Å². The highest BCUT2D eigenvalue weighted by Gasteiger charge is 2.49. The molecule has 0 spiro atoms. The van der Waals surface area contributed by atoms with E-state index < -0.39 is 0 Å². The third-order valence-electron chi connectivity index (χ3n) is 4.29. The number of nitrogens with two attached hydrogens (primary N) is 2. The average molecular weight is 271 g/mol. The molecular weight excluding hydrogens is 238 g/mol. The molecule has 4 nitrogen and oxygen atoms in total. The van der Waals surface area contributed by atoms with Gasteiger partial charge in [-0.3, -0.25) is 4.84 Å². The number of rotatable bonds is 4. The molecule has 4 N–H and O–H groups in total. The van der Waals surface area contributed by atoms with Gasteiger partial charge in [0.1, 0.15) is 6.23 Å². The zero-order valence-electron chi connectivity index (χ0n) is 13.8. The Labute approximate surface area is 118 Å². The second-order valence-corrected chi connectivity index (χ2v) is 7.90. The van der Waals surface area contributed by atoms with Crippen molar-refractivity contribution in [1.29, 1.82) is 0 Å². The Morgan fingerprint density at radius 2 is 1.63 bits per heavy atom. The summed E-state index contributed by atoms with van der Waals surface area (Å²) in [7, 11) is 0. The molecular formula is C15H33N3O. The molecule has 4 heteroatoms. The molecule has 0 aromatic rings. The maximum Gasteiger partial charge on any atom is 0.127 e. The molecule has 0 aliphatic carbocycles. The summed E-state index contributed by atoms with van der Waals surface area (Å²) in [5.74, 6) is 0.482. The molecule has 1 atom stereocenters. The Morgan fingerprint density at radius 1 is 1.21 bits per heavy atom. The summed E-state index contributed by atoms with van der Waals surface area (Å²) in [6.45, 7) is 15.2. The van der Waals surface area contributed by atoms with E-state index in [9.17, 15) is 0 Å². The first-order chi connectivity index (χ1) is 8.40. The molecule has 0 amide bonds. The monoisotopic (exact) mass is 271 g/mol. The van der Waals surface area contributed by atoms with Gasteiger partial charge in [-0.1, -0.05) is 6.92 Å². The Bertz CT molecular complexity index is 289. The first-order valence-electron chi connectivity index (χ1n) is 7.42. The van der Waals surface area contributed by atoms with E-state index in [0.29, 0.717) is 5.92 Å². The van der Waals surface area contributed by atoms with Crippen molar-refractivity contribution in [2.24, 2.45) is 17.4 Å². The van der Waals surface area contributed by atoms with Crippen LogP contribution in [0.25, 0.3) is 0 Å². The van der Waals surface area contributed by atoms with Crippen molar-refractivity contribution in [2.45, 2.75) is 90.6 Å². The van der Waals surface area contributed by atoms with Crippen molar-refractivity contribution >= 4 is 0 Å². The van der Waals surface area contributed by atoms with Crippen molar-refractivity contribution in [3.05, 3.63) is 0 Å². The maximum absolute atomic E-state index is 6.34. The lowest BCUT2D eigenvalue weighted by atomic mass is 9.68. The summed E-state index contributed by atoms with van der Waals surface area (Å²) in [5.41, 5.74) is 12.0. The number of hydroxylamine groups is 2. The minimum absolute atomic E-state index is 0.0597. The molecule has 1 fully saturated rings. The van der Waals surface area contributed by atoms with E-state index in [1.165, 1.54) is 0 Å². The van der Waals surface area contributed by atoms with Gasteiger partial charge in [-0.15, -0.1) is 0 Å². The standard InChI is InChI=1S/C15H33N3O/c1-8-12(16)19-18-13(2,3)9-11(15(6,7)17)10-14(18,4)5/h11-12H,8-10,16-17H2,1-7H3. The molecule has 1 unspecified atom stereocenters. The van der Waals surface area contributed by atoms with E-state index in [4.69, 9.17) is 16.3 Å². The van der Waals surface area contributed by atoms with Crippen molar-refractivity contribution in [1.82, 2.24) is 5.06 Å². The molecule has 0 saturated carbocycles. The molecule has 114 valence electrons. The fourth-order valence-electron chi connectivity index (χ4n) is 3.28. The van der Waals surface area contributed by atoms with E-state index in [1.807, 2.05) is 6.92 Å². The van der Waals surface area contributed by atoms with Gasteiger partial charge in [-0.05, 0) is 66.7 Å². The quantitative estimate of drug-likeness (QED) is 0.772. The first-order valence-corrected chi connectivity index (χ1v) is 7.42. The molecule has 0 radical (unpaired) electrons. The molecule has 0 aromatic heterocycles. The summed E-state index contributed by atoms with van der Waals surface area (Å²) >= 11 is 0. The van der Waals surface area contributed by atoms with Crippen molar-refractivity contribution in [3.8, 4) is 0 Å². The normalized spacial score (nSPS) is 26.4. The molecule has 0 bridgehead atoms. The van der Waals surface area contributed by atoms with E-state index >= 15 is 0 Å². The lowest BCUT2D eigenvalue weighted by Crippen LogP contribution is -2.64. The zero-order valence-corrected chi connectivity index (χ0v) is 13.8. The third kappa shape index (κ3) is 3.91. The molecule has 1 aliphatic heterocycles. The van der Waals surface area contributed by atoms with E-state index in [2.05, 4.69) is 46.6 Å². The van der Waals surface area contributed by atoms with Crippen LogP contribution in [-0.2, 0) is 4.84 Å². The molecule has 0 aromatic carbocycles. The van der Waals surface area contributed by atoms with Crippen LogP contribution in [0.15, 0.2) is 0 Å². The van der Waals surface area contributed by atoms with Crippen LogP contribution in [0, 0.1) is 5.92 Å². The summed E-state index contributed by atoms with van der Waals surface area (Å²) in [6.07, 6.45) is 2.63. The maximum atomic E-state index is 6.34. The summed E-state index contributed by atoms with van der Waals surface area (Å²) in [6, 6.07) is 0. The van der Waals surface area contributed by atoms with Crippen LogP contribution in [0.5, 0.6) is 0 Å². The summed E-state index contributed by atoms with van der Waals surface area (Å²) < 4.78 is 0. The Morgan fingerprint density at radius 3 is 1.95 bits per heavy atom. The van der Waals surface area contributed by atoms with Crippen molar-refractivity contribution < 1.29 is 4.84 Å². The van der Waals surface area contributed by atoms with Crippen LogP contribution in [0.3, 0.4) is 0 Å². The summed E-state index contributed by atoms with van der Waals surface area (Å²) in [4.78, 5) is 6.00. The second kappa shape index (κ2) is 5.32. The fraction of sp³-hybridized carbons (Fsp3) is 1.00. The lowest BCUT2D eigenvalue weighted by Gasteiger charge is -2.56. The number of hydrogen-bond donors (Lipinski definition) is 2. The molecule has 1 rings (SSSR count). The Hall–Kier alpha value is -0.160. The highest BCUT2D eigenvalue weighted by molar-refractivity contribution is 5.01. The molecule has 19 heavy (non-hydrogen) atoms. The van der Waals surface area contributed by atoms with Gasteiger partial charge >= 0.3 is 0 Å². The van der Waals surface area contributed by atoms with Crippen LogP contribution in [0.2, 0.25) is 0 Å². The summed E-state index contributed by atoms with van der Waals surface area (Å²) in [5, 5.41) is 2.11. The predicted octanol–water partition coefficient (Wildman–Crippen LogP) is 2.62. The van der Waals surface area contributed by atoms with E-state index in [1.54, 1.807) is 0 Å². The smallest absolute Gasteiger partial charge is 0.127 e. The molecule has 1 aliphatic rings. The van der Waals surface area contributed by atoms with Crippen LogP contribution >= 0.6 is 0 Å². The van der Waals surface area contributed by atoms with E-state index in [-0.39, 0.29) is 22.8 Å². The van der Waals surface area contributed by atoms with Crippen molar-refractivity contribution in [2.75, 3.05) is 0 Å². The number of hydrogen-bond acceptors (Lipinski definition) is 4. The van der Waals surface area contributed by atoms with E-state index in [0.717, 1.165) is 19.3 Å². The molecule has 1 saturated heterocycles. The van der Waals surface area contributed by atoms with Gasteiger partial charge in [0.15, 0.2) is 0 Å². The highest BCUT2D eigenvalue weighted by atomic mass is 16.7. The predicted molar refractivity (Wildman–Crippen MR) is 80.3 cm³/mol. The number of nitrogens with zero attached hydrogens (tertiary/aromatic N) is 1. The van der Waals surface area contributed by atoms with Gasteiger partial charge in [-0.2, -0.15) is 5.06 Å². The van der Waals surface area contributed by atoms with Gasteiger partial charge in [-0.25, -0.2) is 0 Å². The van der Waals surface area contributed by atoms with Crippen molar-refractivity contribution in [3.63, 3.8) is 0 Å². The number of piperidine rings is 1. The van der Waals surface area contributed by atoms with Gasteiger partial charge in [0.2, 0.25) is 0 Å². The topological polar surface area (TPSA) is 64.5 Å². The van der Waals surface area contributed by atoms with Gasteiger partial charge in [0.25, 0.3) is 0 Å². The zero-order chi connectivity index (χ0) is 15.1. The first kappa shape index (κ1) is 16.9. The van der Waals surface area contributed by atoms with Gasteiger partial charge < -0.3 is 11.5 Å². The largest absolute Gasteiger partial charge is 0.325 e. The second-order valence-electron chi connectivity index (χ2n) is 7.90. The SMILES string of the molecule is CCC(N)ON1C(C)(C)CC(C(C)(C)N)CC1(C)C. The van der Waals surface area contributed by atoms with Crippen LogP contribution < -0.4 is 11.5 Å². The van der Waals surface area contributed by atoms with Crippen LogP contribution in [0.1, 0.15) is 67.7 Å². The average Bonchev–Trinajstić information content (AvgIpc) is 2.20. The van der Waals surface area contributed by atoms with Gasteiger partial charge in [0, 0.05) is 16.6 Å². The Kier molecular flexibility index (Phi) is 4.73. The van der Waals surface area contributed by atoms with Crippen LogP contribution in [0.4, 0.5) is 0 Å². The Balaban J connectivity index is 2.96. The molecule has 1 heterocycles. The van der Waals surface area contributed by atoms with Gasteiger partial charge in [0.05, 0.1) is 0 Å². The minimum Gasteiger partial charge on any atom is -0.325 e. The minimum atomic E-state index is -0.235.